The molecule has 1 aliphatic heterocycles. The zero-order valence-corrected chi connectivity index (χ0v) is 17.6. The molecule has 0 bridgehead atoms. The Hall–Kier alpha value is -3.46. The Morgan fingerprint density at radius 1 is 1.29 bits per heavy atom. The molecule has 162 valence electrons. The highest BCUT2D eigenvalue weighted by molar-refractivity contribution is 6.12. The highest BCUT2D eigenvalue weighted by Crippen LogP contribution is 2.23. The number of amides is 2. The van der Waals surface area contributed by atoms with E-state index in [2.05, 4.69) is 15.2 Å². The summed E-state index contributed by atoms with van der Waals surface area (Å²) < 4.78 is 6.83. The van der Waals surface area contributed by atoms with E-state index in [9.17, 15) is 14.4 Å². The number of anilines is 1. The van der Waals surface area contributed by atoms with Crippen LogP contribution in [0.2, 0.25) is 0 Å². The topological polar surface area (TPSA) is 123 Å². The third-order valence-corrected chi connectivity index (χ3v) is 5.76. The highest BCUT2D eigenvalue weighted by atomic mass is 16.3. The first kappa shape index (κ1) is 20.8. The molecule has 0 unspecified atom stereocenters. The van der Waals surface area contributed by atoms with Crippen LogP contribution in [0.25, 0.3) is 11.1 Å². The Balaban J connectivity index is 1.50. The molecule has 0 saturated carbocycles. The molecule has 3 aromatic rings. The zero-order valence-electron chi connectivity index (χ0n) is 17.6. The number of nitrogens with zero attached hydrogens (tertiary/aromatic N) is 3. The summed E-state index contributed by atoms with van der Waals surface area (Å²) in [7, 11) is 1.58. The fourth-order valence-corrected chi connectivity index (χ4v) is 4.04. The van der Waals surface area contributed by atoms with Crippen molar-refractivity contribution in [2.45, 2.75) is 26.3 Å². The van der Waals surface area contributed by atoms with Crippen LogP contribution in [-0.4, -0.2) is 39.4 Å². The van der Waals surface area contributed by atoms with E-state index >= 15 is 0 Å². The molecular weight excluding hydrogens is 398 g/mol. The zero-order chi connectivity index (χ0) is 22.1. The number of benzene rings is 1. The van der Waals surface area contributed by atoms with Crippen molar-refractivity contribution in [3.05, 3.63) is 57.8 Å². The number of aromatic nitrogens is 2. The molecule has 0 aliphatic carbocycles. The molecule has 1 fully saturated rings. The molecule has 3 N–H and O–H groups in total. The number of nitrogens with one attached hydrogen (secondary N) is 1. The molecule has 3 heterocycles. The molecule has 1 aromatic carbocycles. The number of rotatable bonds is 5. The maximum Gasteiger partial charge on any atom is 0.265 e. The van der Waals surface area contributed by atoms with Crippen LogP contribution in [0.5, 0.6) is 0 Å². The molecule has 1 aliphatic rings. The number of nitrogens with two attached hydrogens (primary N) is 1. The van der Waals surface area contributed by atoms with E-state index < -0.39 is 5.91 Å². The second-order valence-corrected chi connectivity index (χ2v) is 7.98. The second-order valence-electron chi connectivity index (χ2n) is 7.98. The number of hydrogen-bond acceptors (Lipinski definition) is 6. The molecule has 9 nitrogen and oxygen atoms in total. The first-order chi connectivity index (χ1) is 14.8. The minimum atomic E-state index is -0.416. The third kappa shape index (κ3) is 4.22. The van der Waals surface area contributed by atoms with Crippen molar-refractivity contribution in [1.29, 1.82) is 0 Å². The molecule has 1 saturated heterocycles. The summed E-state index contributed by atoms with van der Waals surface area (Å²) in [6.07, 6.45) is 2.90. The van der Waals surface area contributed by atoms with E-state index in [1.54, 1.807) is 20.0 Å². The number of fused-ring (bicyclic) bond motifs is 1. The van der Waals surface area contributed by atoms with Gasteiger partial charge < -0.3 is 20.0 Å². The van der Waals surface area contributed by atoms with Crippen molar-refractivity contribution in [2.24, 2.45) is 18.7 Å². The predicted molar refractivity (Wildman–Crippen MR) is 116 cm³/mol. The molecule has 31 heavy (non-hydrogen) atoms. The van der Waals surface area contributed by atoms with Gasteiger partial charge in [0.25, 0.3) is 11.5 Å². The first-order valence-electron chi connectivity index (χ1n) is 10.2. The Morgan fingerprint density at radius 3 is 2.74 bits per heavy atom. The number of carbonyl (C=O) groups is 2. The van der Waals surface area contributed by atoms with Crippen LogP contribution in [0.15, 0.2) is 39.8 Å². The standard InChI is InChI=1S/C22H25N5O4/c1-13-17(18-21(31-13)24-12-26(2)22(18)30)20(29)25-16-5-3-4-14(10-16)11-27-8-6-15(7-9-27)19(23)28/h3-5,10,12,15H,6-9,11H2,1-2H3,(H2,23,28)(H,25,29). The van der Waals surface area contributed by atoms with Gasteiger partial charge in [0.1, 0.15) is 17.5 Å². The van der Waals surface area contributed by atoms with Crippen molar-refractivity contribution in [2.75, 3.05) is 18.4 Å². The summed E-state index contributed by atoms with van der Waals surface area (Å²) in [5, 5.41) is 3.04. The SMILES string of the molecule is Cc1oc2ncn(C)c(=O)c2c1C(=O)Nc1cccc(CN2CCC(C(N)=O)CC2)c1. The van der Waals surface area contributed by atoms with Gasteiger partial charge in [-0.25, -0.2) is 4.98 Å². The molecule has 0 radical (unpaired) electrons. The second kappa shape index (κ2) is 8.35. The lowest BCUT2D eigenvalue weighted by Gasteiger charge is -2.30. The smallest absolute Gasteiger partial charge is 0.265 e. The van der Waals surface area contributed by atoms with Gasteiger partial charge in [-0.15, -0.1) is 0 Å². The Kier molecular flexibility index (Phi) is 5.60. The maximum absolute atomic E-state index is 13.0. The Bertz CT molecular complexity index is 1200. The summed E-state index contributed by atoms with van der Waals surface area (Å²) in [6.45, 7) is 3.97. The van der Waals surface area contributed by atoms with Gasteiger partial charge in [-0.2, -0.15) is 0 Å². The minimum absolute atomic E-state index is 0.0444. The monoisotopic (exact) mass is 423 g/mol. The van der Waals surface area contributed by atoms with E-state index in [1.165, 1.54) is 10.9 Å². The van der Waals surface area contributed by atoms with Crippen LogP contribution < -0.4 is 16.6 Å². The van der Waals surface area contributed by atoms with E-state index in [0.29, 0.717) is 18.0 Å². The number of likely N-dealkylation sites (tertiary alicyclic amines) is 1. The van der Waals surface area contributed by atoms with Gasteiger partial charge in [-0.1, -0.05) is 12.1 Å². The van der Waals surface area contributed by atoms with E-state index in [1.807, 2.05) is 18.2 Å². The van der Waals surface area contributed by atoms with Crippen molar-refractivity contribution < 1.29 is 14.0 Å². The van der Waals surface area contributed by atoms with Crippen LogP contribution in [-0.2, 0) is 18.4 Å². The Labute approximate surface area is 178 Å². The molecule has 0 spiro atoms. The molecule has 2 amide bonds. The van der Waals surface area contributed by atoms with Crippen LogP contribution in [0.1, 0.15) is 34.5 Å². The normalized spacial score (nSPS) is 15.3. The van der Waals surface area contributed by atoms with Crippen LogP contribution >= 0.6 is 0 Å². The Morgan fingerprint density at radius 2 is 2.03 bits per heavy atom. The third-order valence-electron chi connectivity index (χ3n) is 5.76. The van der Waals surface area contributed by atoms with Crippen molar-refractivity contribution in [3.63, 3.8) is 0 Å². The molecule has 2 aromatic heterocycles. The fourth-order valence-electron chi connectivity index (χ4n) is 4.04. The minimum Gasteiger partial charge on any atom is -0.442 e. The molecular formula is C22H25N5O4. The summed E-state index contributed by atoms with van der Waals surface area (Å²) in [5.74, 6) is -0.342. The highest BCUT2D eigenvalue weighted by Gasteiger charge is 2.24. The predicted octanol–water partition coefficient (Wildman–Crippen LogP) is 1.78. The van der Waals surface area contributed by atoms with Gasteiger partial charge in [0, 0.05) is 25.2 Å². The van der Waals surface area contributed by atoms with E-state index in [4.69, 9.17) is 10.2 Å². The largest absolute Gasteiger partial charge is 0.442 e. The van der Waals surface area contributed by atoms with Gasteiger partial charge in [0.2, 0.25) is 11.6 Å². The fraction of sp³-hybridized carbons (Fsp3) is 0.364. The van der Waals surface area contributed by atoms with E-state index in [0.717, 1.165) is 31.5 Å². The molecule has 0 atom stereocenters. The summed E-state index contributed by atoms with van der Waals surface area (Å²) >= 11 is 0. The van der Waals surface area contributed by atoms with Gasteiger partial charge >= 0.3 is 0 Å². The van der Waals surface area contributed by atoms with Crippen molar-refractivity contribution in [3.8, 4) is 0 Å². The van der Waals surface area contributed by atoms with Crippen LogP contribution in [0.4, 0.5) is 5.69 Å². The number of carbonyl (C=O) groups excluding carboxylic acids is 2. The van der Waals surface area contributed by atoms with Crippen molar-refractivity contribution >= 4 is 28.6 Å². The summed E-state index contributed by atoms with van der Waals surface area (Å²) in [6, 6.07) is 7.58. The average molecular weight is 423 g/mol. The van der Waals surface area contributed by atoms with E-state index in [-0.39, 0.29) is 34.0 Å². The number of hydrogen-bond donors (Lipinski definition) is 2. The summed E-state index contributed by atoms with van der Waals surface area (Å²) in [4.78, 5) is 43.2. The van der Waals surface area contributed by atoms with Crippen LogP contribution in [0.3, 0.4) is 0 Å². The number of furan rings is 1. The van der Waals surface area contributed by atoms with Crippen molar-refractivity contribution in [1.82, 2.24) is 14.5 Å². The van der Waals surface area contributed by atoms with Gasteiger partial charge in [0.05, 0.1) is 5.56 Å². The number of piperidine rings is 1. The lowest BCUT2D eigenvalue weighted by Crippen LogP contribution is -2.38. The van der Waals surface area contributed by atoms with Gasteiger partial charge in [0.15, 0.2) is 0 Å². The average Bonchev–Trinajstić information content (AvgIpc) is 3.08. The maximum atomic E-state index is 13.0. The lowest BCUT2D eigenvalue weighted by molar-refractivity contribution is -0.123. The lowest BCUT2D eigenvalue weighted by atomic mass is 9.96. The first-order valence-corrected chi connectivity index (χ1v) is 10.2. The van der Waals surface area contributed by atoms with Gasteiger partial charge in [-0.05, 0) is 50.6 Å². The molecule has 9 heteroatoms. The summed E-state index contributed by atoms with van der Waals surface area (Å²) in [5.41, 5.74) is 7.09. The number of primary amides is 1. The molecule has 4 rings (SSSR count). The van der Waals surface area contributed by atoms with Gasteiger partial charge in [-0.3, -0.25) is 19.3 Å². The number of aryl methyl sites for hydroxylation is 2. The quantitative estimate of drug-likeness (QED) is 0.645. The van der Waals surface area contributed by atoms with Crippen LogP contribution in [0, 0.1) is 12.8 Å².